The van der Waals surface area contributed by atoms with E-state index in [9.17, 15) is 53.8 Å². The van der Waals surface area contributed by atoms with Gasteiger partial charge in [0.25, 0.3) is 0 Å². The van der Waals surface area contributed by atoms with Crippen molar-refractivity contribution in [2.75, 3.05) is 6.61 Å². The highest BCUT2D eigenvalue weighted by Crippen LogP contribution is 2.70. The number of hydrogen-bond donors (Lipinski definition) is 9. The molecule has 0 bridgehead atoms. The first-order valence-electron chi connectivity index (χ1n) is 14.5. The van der Waals surface area contributed by atoms with Gasteiger partial charge in [-0.2, -0.15) is 8.42 Å². The largest absolute Gasteiger partial charge is 0.397 e. The van der Waals surface area contributed by atoms with Crippen LogP contribution in [-0.2, 0) is 14.6 Å². The Kier molecular flexibility index (Phi) is 8.68. The molecule has 4 fully saturated rings. The summed E-state index contributed by atoms with van der Waals surface area (Å²) in [6.45, 7) is 8.15. The number of aliphatic hydroxyl groups is 8. The molecule has 0 aromatic rings. The highest BCUT2D eigenvalue weighted by Gasteiger charge is 2.77. The quantitative estimate of drug-likeness (QED) is 0.130. The molecule has 4 saturated carbocycles. The zero-order valence-corrected chi connectivity index (χ0v) is 25.1. The molecule has 12 nitrogen and oxygen atoms in total. The molecule has 0 amide bonds. The topological polar surface area (TPSA) is 225 Å². The molecule has 4 rings (SSSR count). The monoisotopic (exact) mass is 608 g/mol. The lowest BCUT2D eigenvalue weighted by molar-refractivity contribution is -0.318. The predicted molar refractivity (Wildman–Crippen MR) is 145 cm³/mol. The van der Waals surface area contributed by atoms with Crippen LogP contribution in [0.2, 0.25) is 0 Å². The summed E-state index contributed by atoms with van der Waals surface area (Å²) in [5.74, 6) is -4.53. The van der Waals surface area contributed by atoms with Gasteiger partial charge in [0.05, 0.1) is 36.6 Å². The van der Waals surface area contributed by atoms with E-state index in [-0.39, 0.29) is 18.8 Å². The first-order valence-corrected chi connectivity index (χ1v) is 15.8. The average molecular weight is 609 g/mol. The van der Waals surface area contributed by atoms with Crippen molar-refractivity contribution in [2.24, 2.45) is 46.3 Å². The molecule has 3 unspecified atom stereocenters. The molecule has 0 saturated heterocycles. The van der Waals surface area contributed by atoms with Crippen molar-refractivity contribution in [1.82, 2.24) is 0 Å². The van der Waals surface area contributed by atoms with E-state index < -0.39 is 105 Å². The van der Waals surface area contributed by atoms with Gasteiger partial charge in [-0.1, -0.05) is 39.8 Å². The Labute approximate surface area is 241 Å². The molecule has 0 aliphatic heterocycles. The van der Waals surface area contributed by atoms with Gasteiger partial charge in [-0.25, -0.2) is 4.18 Å². The SMILES string of the molecule is C[C@H](/C=C/[C@@H](C)[C@@](C)(O)CO)[C@H]1[C@@H](O)[C@@H](O)C2[C@@]3(O)C(CC[C@@]21C)[C@@]1(C)CC[C@H](O)[C@H](O)C1[C@@H](OS(=O)(=O)O)[C@H]3O. The Morgan fingerprint density at radius 3 is 2.12 bits per heavy atom. The minimum absolute atomic E-state index is 0.142. The van der Waals surface area contributed by atoms with Crippen molar-refractivity contribution in [3.63, 3.8) is 0 Å². The number of rotatable bonds is 7. The predicted octanol–water partition coefficient (Wildman–Crippen LogP) is -0.626. The molecule has 41 heavy (non-hydrogen) atoms. The third kappa shape index (κ3) is 5.02. The van der Waals surface area contributed by atoms with E-state index in [0.717, 1.165) is 0 Å². The van der Waals surface area contributed by atoms with Crippen LogP contribution < -0.4 is 0 Å². The standard InChI is InChI=1S/C28H48O12S/c1-13(6-7-14(2)27(5,35)12-29)17-20(32)21(33)23-26(17,4)11-9-16-25(3)10-8-15(30)19(31)18(25)22(40-41(37,38)39)24(34)28(16,23)36/h6-7,13-24,29-36H,8-12H2,1-5H3,(H,37,38,39)/b7-6+/t13-,14-,15+,16?,17+,18?,19+,20-,21-,22-,23?,24-,25-,26-,27+,28+/m1/s1. The third-order valence-electron chi connectivity index (χ3n) is 11.8. The molecule has 0 radical (unpaired) electrons. The fraction of sp³-hybridized carbons (Fsp3) is 0.929. The second kappa shape index (κ2) is 10.7. The van der Waals surface area contributed by atoms with Gasteiger partial charge in [-0.15, -0.1) is 0 Å². The summed E-state index contributed by atoms with van der Waals surface area (Å²) in [7, 11) is -5.18. The van der Waals surface area contributed by atoms with E-state index in [2.05, 4.69) is 0 Å². The normalized spacial score (nSPS) is 51.4. The summed E-state index contributed by atoms with van der Waals surface area (Å²) in [6, 6.07) is 0. The zero-order valence-electron chi connectivity index (χ0n) is 24.3. The highest BCUT2D eigenvalue weighted by atomic mass is 32.3. The van der Waals surface area contributed by atoms with Crippen molar-refractivity contribution in [3.8, 4) is 0 Å². The summed E-state index contributed by atoms with van der Waals surface area (Å²) < 4.78 is 38.4. The van der Waals surface area contributed by atoms with Crippen molar-refractivity contribution < 1.29 is 58.0 Å². The summed E-state index contributed by atoms with van der Waals surface area (Å²) in [4.78, 5) is 0. The summed E-state index contributed by atoms with van der Waals surface area (Å²) in [6.07, 6.45) is -4.84. The molecule has 0 heterocycles. The fourth-order valence-corrected chi connectivity index (χ4v) is 10.0. The van der Waals surface area contributed by atoms with Gasteiger partial charge in [-0.05, 0) is 61.2 Å². The van der Waals surface area contributed by atoms with Crippen molar-refractivity contribution in [3.05, 3.63) is 12.2 Å². The molecule has 13 heteroatoms. The van der Waals surface area contributed by atoms with Crippen LogP contribution in [0.3, 0.4) is 0 Å². The number of allylic oxidation sites excluding steroid dienone is 1. The molecule has 9 N–H and O–H groups in total. The Morgan fingerprint density at radius 2 is 1.56 bits per heavy atom. The van der Waals surface area contributed by atoms with E-state index in [0.29, 0.717) is 12.8 Å². The van der Waals surface area contributed by atoms with Gasteiger partial charge in [-0.3, -0.25) is 4.55 Å². The number of fused-ring (bicyclic) bond motifs is 5. The first kappa shape index (κ1) is 33.2. The molecule has 0 spiro atoms. The Morgan fingerprint density at radius 1 is 0.976 bits per heavy atom. The lowest BCUT2D eigenvalue weighted by atomic mass is 9.40. The molecule has 16 atom stereocenters. The molecule has 0 aromatic heterocycles. The summed E-state index contributed by atoms with van der Waals surface area (Å²) >= 11 is 0. The highest BCUT2D eigenvalue weighted by molar-refractivity contribution is 7.80. The lowest BCUT2D eigenvalue weighted by Gasteiger charge is -2.68. The van der Waals surface area contributed by atoms with Crippen LogP contribution in [0.15, 0.2) is 12.2 Å². The average Bonchev–Trinajstić information content (AvgIpc) is 3.07. The Hall–Kier alpha value is -0.710. The summed E-state index contributed by atoms with van der Waals surface area (Å²) in [5, 5.41) is 88.5. The second-order valence-electron chi connectivity index (χ2n) is 14.1. The van der Waals surface area contributed by atoms with Crippen LogP contribution in [-0.4, -0.2) is 108 Å². The van der Waals surface area contributed by atoms with Crippen molar-refractivity contribution >= 4 is 10.4 Å². The maximum atomic E-state index is 12.6. The summed E-state index contributed by atoms with van der Waals surface area (Å²) in [5.41, 5.74) is -5.59. The molecular formula is C28H48O12S. The molecule has 0 aromatic carbocycles. The van der Waals surface area contributed by atoms with E-state index in [1.54, 1.807) is 26.0 Å². The minimum atomic E-state index is -5.18. The van der Waals surface area contributed by atoms with Gasteiger partial charge in [0.2, 0.25) is 0 Å². The maximum Gasteiger partial charge on any atom is 0.397 e. The van der Waals surface area contributed by atoms with Crippen LogP contribution in [0, 0.1) is 46.3 Å². The van der Waals surface area contributed by atoms with Crippen LogP contribution in [0.1, 0.15) is 60.3 Å². The Bertz CT molecular complexity index is 1110. The van der Waals surface area contributed by atoms with Crippen LogP contribution in [0.4, 0.5) is 0 Å². The first-order chi connectivity index (χ1) is 18.7. The number of aliphatic hydroxyl groups excluding tert-OH is 6. The van der Waals surface area contributed by atoms with Gasteiger partial charge < -0.3 is 40.9 Å². The van der Waals surface area contributed by atoms with E-state index >= 15 is 0 Å². The van der Waals surface area contributed by atoms with Crippen LogP contribution in [0.25, 0.3) is 0 Å². The maximum absolute atomic E-state index is 12.6. The van der Waals surface area contributed by atoms with E-state index in [1.165, 1.54) is 6.92 Å². The van der Waals surface area contributed by atoms with Gasteiger partial charge in [0, 0.05) is 17.8 Å². The van der Waals surface area contributed by atoms with Gasteiger partial charge in [0.1, 0.15) is 17.8 Å². The molecule has 238 valence electrons. The molecular weight excluding hydrogens is 560 g/mol. The second-order valence-corrected chi connectivity index (χ2v) is 15.1. The van der Waals surface area contributed by atoms with Gasteiger partial charge in [0.15, 0.2) is 0 Å². The zero-order chi connectivity index (χ0) is 31.1. The van der Waals surface area contributed by atoms with Crippen LogP contribution >= 0.6 is 0 Å². The molecule has 4 aliphatic rings. The fourth-order valence-electron chi connectivity index (χ4n) is 9.51. The lowest BCUT2D eigenvalue weighted by Crippen LogP contribution is -2.77. The van der Waals surface area contributed by atoms with Crippen molar-refractivity contribution in [2.45, 2.75) is 108 Å². The van der Waals surface area contributed by atoms with Gasteiger partial charge >= 0.3 is 10.4 Å². The van der Waals surface area contributed by atoms with E-state index in [4.69, 9.17) is 4.18 Å². The van der Waals surface area contributed by atoms with Crippen molar-refractivity contribution in [1.29, 1.82) is 0 Å². The number of hydrogen-bond acceptors (Lipinski definition) is 11. The minimum Gasteiger partial charge on any atom is -0.393 e. The molecule has 4 aliphatic carbocycles. The smallest absolute Gasteiger partial charge is 0.393 e. The van der Waals surface area contributed by atoms with Crippen LogP contribution in [0.5, 0.6) is 0 Å². The third-order valence-corrected chi connectivity index (χ3v) is 12.3. The Balaban J connectivity index is 1.79. The van der Waals surface area contributed by atoms with E-state index in [1.807, 2.05) is 13.8 Å².